The number of benzene rings is 1. The third-order valence-corrected chi connectivity index (χ3v) is 5.34. The number of nitrogens with zero attached hydrogens (tertiary/aromatic N) is 3. The fraction of sp³-hybridized carbons (Fsp3) is 0.429. The molecule has 156 valence electrons. The van der Waals surface area contributed by atoms with Gasteiger partial charge in [0, 0.05) is 36.7 Å². The first kappa shape index (κ1) is 21.2. The quantitative estimate of drug-likeness (QED) is 0.727. The lowest BCUT2D eigenvalue weighted by atomic mass is 10.3. The predicted molar refractivity (Wildman–Crippen MR) is 111 cm³/mol. The van der Waals surface area contributed by atoms with Gasteiger partial charge in [-0.05, 0) is 57.0 Å². The van der Waals surface area contributed by atoms with Crippen LogP contribution in [0.1, 0.15) is 32.4 Å². The number of amides is 3. The lowest BCUT2D eigenvalue weighted by molar-refractivity contribution is -0.133. The number of hydrogen-bond donors (Lipinski definition) is 1. The standard InChI is InChI=1S/C21H26ClFN4O2/c1-14(2)26(21(29)24-15-6-9-19(23)18(22)11-15)13-20(28)27(16-7-8-16)12-17-5-4-10-25(17)3/h4-6,9-11,14,16H,7-8,12-13H2,1-3H3,(H,24,29). The molecule has 0 radical (unpaired) electrons. The molecule has 0 bridgehead atoms. The summed E-state index contributed by atoms with van der Waals surface area (Å²) in [6, 6.07) is 7.53. The summed E-state index contributed by atoms with van der Waals surface area (Å²) in [7, 11) is 1.95. The average molecular weight is 421 g/mol. The third kappa shape index (κ3) is 5.29. The van der Waals surface area contributed by atoms with Crippen molar-refractivity contribution in [3.8, 4) is 0 Å². The highest BCUT2D eigenvalue weighted by atomic mass is 35.5. The van der Waals surface area contributed by atoms with E-state index >= 15 is 0 Å². The van der Waals surface area contributed by atoms with Gasteiger partial charge < -0.3 is 19.7 Å². The molecule has 6 nitrogen and oxygen atoms in total. The van der Waals surface area contributed by atoms with E-state index in [-0.39, 0.29) is 29.6 Å². The van der Waals surface area contributed by atoms with Crippen LogP contribution < -0.4 is 5.32 Å². The molecule has 1 heterocycles. The summed E-state index contributed by atoms with van der Waals surface area (Å²) in [4.78, 5) is 29.2. The van der Waals surface area contributed by atoms with E-state index in [9.17, 15) is 14.0 Å². The number of anilines is 1. The summed E-state index contributed by atoms with van der Waals surface area (Å²) < 4.78 is 15.3. The monoisotopic (exact) mass is 420 g/mol. The maximum absolute atomic E-state index is 13.3. The molecule has 1 aliphatic carbocycles. The Bertz CT molecular complexity index is 895. The minimum atomic E-state index is -0.554. The maximum atomic E-state index is 13.3. The number of carbonyl (C=O) groups excluding carboxylic acids is 2. The molecule has 1 aromatic heterocycles. The van der Waals surface area contributed by atoms with E-state index < -0.39 is 11.8 Å². The van der Waals surface area contributed by atoms with Gasteiger partial charge in [0.05, 0.1) is 11.6 Å². The molecular formula is C21H26ClFN4O2. The topological polar surface area (TPSA) is 57.6 Å². The molecule has 3 amide bonds. The van der Waals surface area contributed by atoms with Gasteiger partial charge in [0.15, 0.2) is 0 Å². The van der Waals surface area contributed by atoms with E-state index in [1.165, 1.54) is 23.1 Å². The number of aryl methyl sites for hydroxylation is 1. The van der Waals surface area contributed by atoms with E-state index in [1.807, 2.05) is 48.7 Å². The van der Waals surface area contributed by atoms with Crippen LogP contribution in [0, 0.1) is 5.82 Å². The van der Waals surface area contributed by atoms with Crippen molar-refractivity contribution in [2.45, 2.75) is 45.3 Å². The Kier molecular flexibility index (Phi) is 6.47. The highest BCUT2D eigenvalue weighted by Crippen LogP contribution is 2.29. The van der Waals surface area contributed by atoms with Gasteiger partial charge in [-0.15, -0.1) is 0 Å². The Balaban J connectivity index is 1.69. The van der Waals surface area contributed by atoms with Crippen molar-refractivity contribution in [3.63, 3.8) is 0 Å². The van der Waals surface area contributed by atoms with Crippen LogP contribution in [0.5, 0.6) is 0 Å². The molecule has 0 aliphatic heterocycles. The fourth-order valence-corrected chi connectivity index (χ4v) is 3.32. The van der Waals surface area contributed by atoms with E-state index in [2.05, 4.69) is 5.32 Å². The van der Waals surface area contributed by atoms with Gasteiger partial charge in [-0.1, -0.05) is 11.6 Å². The number of carbonyl (C=O) groups is 2. The molecule has 29 heavy (non-hydrogen) atoms. The van der Waals surface area contributed by atoms with Crippen molar-refractivity contribution in [1.29, 1.82) is 0 Å². The van der Waals surface area contributed by atoms with Crippen LogP contribution in [0.2, 0.25) is 5.02 Å². The number of urea groups is 1. The zero-order valence-corrected chi connectivity index (χ0v) is 17.6. The van der Waals surface area contributed by atoms with E-state index in [1.54, 1.807) is 0 Å². The lowest BCUT2D eigenvalue weighted by Crippen LogP contribution is -2.48. The molecule has 1 N–H and O–H groups in total. The zero-order valence-electron chi connectivity index (χ0n) is 16.9. The highest BCUT2D eigenvalue weighted by molar-refractivity contribution is 6.31. The SMILES string of the molecule is CC(C)N(CC(=O)N(Cc1cccn1C)C1CC1)C(=O)Nc1ccc(F)c(Cl)c1. The first-order valence-corrected chi connectivity index (χ1v) is 10.1. The summed E-state index contributed by atoms with van der Waals surface area (Å²) in [6.07, 6.45) is 3.92. The van der Waals surface area contributed by atoms with Crippen LogP contribution in [0.25, 0.3) is 0 Å². The fourth-order valence-electron chi connectivity index (χ4n) is 3.14. The van der Waals surface area contributed by atoms with Gasteiger partial charge in [0.25, 0.3) is 0 Å². The van der Waals surface area contributed by atoms with Crippen LogP contribution >= 0.6 is 11.6 Å². The normalized spacial score (nSPS) is 13.4. The first-order valence-electron chi connectivity index (χ1n) is 9.68. The summed E-state index contributed by atoms with van der Waals surface area (Å²) in [6.45, 7) is 4.19. The van der Waals surface area contributed by atoms with E-state index in [4.69, 9.17) is 11.6 Å². The van der Waals surface area contributed by atoms with Gasteiger partial charge in [-0.2, -0.15) is 0 Å². The summed E-state index contributed by atoms with van der Waals surface area (Å²) in [5, 5.41) is 2.62. The maximum Gasteiger partial charge on any atom is 0.322 e. The number of hydrogen-bond acceptors (Lipinski definition) is 2. The number of halogens is 2. The predicted octanol–water partition coefficient (Wildman–Crippen LogP) is 4.25. The molecule has 0 unspecified atom stereocenters. The van der Waals surface area contributed by atoms with Crippen molar-refractivity contribution in [1.82, 2.24) is 14.4 Å². The van der Waals surface area contributed by atoms with Crippen molar-refractivity contribution < 1.29 is 14.0 Å². The summed E-state index contributed by atoms with van der Waals surface area (Å²) in [5.74, 6) is -0.643. The van der Waals surface area contributed by atoms with Gasteiger partial charge in [0.2, 0.25) is 5.91 Å². The number of nitrogens with one attached hydrogen (secondary N) is 1. The smallest absolute Gasteiger partial charge is 0.322 e. The minimum Gasteiger partial charge on any atom is -0.353 e. The van der Waals surface area contributed by atoms with Crippen LogP contribution in [-0.2, 0) is 18.4 Å². The molecule has 0 atom stereocenters. The highest BCUT2D eigenvalue weighted by Gasteiger charge is 2.34. The Labute approximate surface area is 175 Å². The van der Waals surface area contributed by atoms with Gasteiger partial charge in [0.1, 0.15) is 12.4 Å². The molecule has 8 heteroatoms. The van der Waals surface area contributed by atoms with Crippen molar-refractivity contribution in [2.24, 2.45) is 7.05 Å². The van der Waals surface area contributed by atoms with Gasteiger partial charge in [-0.3, -0.25) is 4.79 Å². The average Bonchev–Trinajstić information content (AvgIpc) is 3.42. The Morgan fingerprint density at radius 3 is 2.59 bits per heavy atom. The van der Waals surface area contributed by atoms with E-state index in [0.717, 1.165) is 18.5 Å². The second-order valence-corrected chi connectivity index (χ2v) is 8.05. The Morgan fingerprint density at radius 2 is 2.03 bits per heavy atom. The molecule has 0 spiro atoms. The summed E-state index contributed by atoms with van der Waals surface area (Å²) in [5.41, 5.74) is 1.43. The van der Waals surface area contributed by atoms with Crippen LogP contribution in [0.15, 0.2) is 36.5 Å². The van der Waals surface area contributed by atoms with Gasteiger partial charge >= 0.3 is 6.03 Å². The largest absolute Gasteiger partial charge is 0.353 e. The second-order valence-electron chi connectivity index (χ2n) is 7.64. The molecule has 0 saturated heterocycles. The van der Waals surface area contributed by atoms with Crippen molar-refractivity contribution in [2.75, 3.05) is 11.9 Å². The Morgan fingerprint density at radius 1 is 1.31 bits per heavy atom. The zero-order chi connectivity index (χ0) is 21.1. The number of aromatic nitrogens is 1. The van der Waals surface area contributed by atoms with E-state index in [0.29, 0.717) is 12.2 Å². The molecule has 1 aromatic carbocycles. The third-order valence-electron chi connectivity index (χ3n) is 5.05. The summed E-state index contributed by atoms with van der Waals surface area (Å²) >= 11 is 5.78. The molecule has 1 aliphatic rings. The van der Waals surface area contributed by atoms with Crippen molar-refractivity contribution in [3.05, 3.63) is 53.1 Å². The van der Waals surface area contributed by atoms with Crippen molar-refractivity contribution >= 4 is 29.2 Å². The molecule has 1 saturated carbocycles. The Hall–Kier alpha value is -2.54. The molecule has 3 rings (SSSR count). The number of rotatable bonds is 7. The van der Waals surface area contributed by atoms with Gasteiger partial charge in [-0.25, -0.2) is 9.18 Å². The van der Waals surface area contributed by atoms with Crippen LogP contribution in [0.4, 0.5) is 14.9 Å². The second kappa shape index (κ2) is 8.86. The first-order chi connectivity index (χ1) is 13.8. The molecule has 1 fully saturated rings. The lowest BCUT2D eigenvalue weighted by Gasteiger charge is -2.30. The molecule has 2 aromatic rings. The van der Waals surface area contributed by atoms with Crippen LogP contribution in [-0.4, -0.2) is 44.9 Å². The van der Waals surface area contributed by atoms with Crippen LogP contribution in [0.3, 0.4) is 0 Å². The minimum absolute atomic E-state index is 0.0284. The molecular weight excluding hydrogens is 395 g/mol.